The highest BCUT2D eigenvalue weighted by molar-refractivity contribution is 5.96. The maximum atomic E-state index is 12.6. The third-order valence-electron chi connectivity index (χ3n) is 5.95. The molecular formula is C24H25N3O4. The molecule has 7 nitrogen and oxygen atoms in total. The normalized spacial score (nSPS) is 16.5. The number of nitrogens with zero attached hydrogens (tertiary/aromatic N) is 2. The molecule has 2 aromatic carbocycles. The summed E-state index contributed by atoms with van der Waals surface area (Å²) in [5.74, 6) is 0.00111. The van der Waals surface area contributed by atoms with Crippen molar-refractivity contribution in [2.24, 2.45) is 0 Å². The van der Waals surface area contributed by atoms with E-state index in [1.54, 1.807) is 4.90 Å². The van der Waals surface area contributed by atoms with Crippen LogP contribution in [0.4, 0.5) is 0 Å². The van der Waals surface area contributed by atoms with E-state index in [0.717, 1.165) is 34.9 Å². The van der Waals surface area contributed by atoms with E-state index in [1.165, 1.54) is 0 Å². The summed E-state index contributed by atoms with van der Waals surface area (Å²) >= 11 is 0. The van der Waals surface area contributed by atoms with E-state index < -0.39 is 0 Å². The van der Waals surface area contributed by atoms with Gasteiger partial charge in [-0.1, -0.05) is 17.3 Å². The van der Waals surface area contributed by atoms with Crippen molar-refractivity contribution in [1.82, 2.24) is 15.4 Å². The molecule has 2 heterocycles. The maximum Gasteiger partial charge on any atom is 0.251 e. The minimum Gasteiger partial charge on any atom is -0.378 e. The number of aryl methyl sites for hydroxylation is 1. The highest BCUT2D eigenvalue weighted by atomic mass is 16.5. The number of benzene rings is 2. The minimum atomic E-state index is -0.0339. The zero-order valence-electron chi connectivity index (χ0n) is 17.5. The lowest BCUT2D eigenvalue weighted by atomic mass is 9.97. The SMILES string of the molecule is Cc1ccc(C(=O)NC2CC2)cc1-c1ccc2c(CC(=O)N3CCOCC3)noc2c1. The van der Waals surface area contributed by atoms with Crippen LogP contribution in [0.3, 0.4) is 0 Å². The van der Waals surface area contributed by atoms with Gasteiger partial charge in [0.1, 0.15) is 5.69 Å². The zero-order chi connectivity index (χ0) is 21.4. The number of hydrogen-bond donors (Lipinski definition) is 1. The molecule has 2 aliphatic rings. The largest absolute Gasteiger partial charge is 0.378 e. The number of nitrogens with one attached hydrogen (secondary N) is 1. The Kier molecular flexibility index (Phi) is 5.19. The average Bonchev–Trinajstić information content (AvgIpc) is 3.52. The van der Waals surface area contributed by atoms with Crippen LogP contribution < -0.4 is 5.32 Å². The molecule has 1 N–H and O–H groups in total. The summed E-state index contributed by atoms with van der Waals surface area (Å²) in [6.07, 6.45) is 2.33. The Balaban J connectivity index is 1.39. The van der Waals surface area contributed by atoms with Crippen LogP contribution in [-0.2, 0) is 16.0 Å². The fourth-order valence-electron chi connectivity index (χ4n) is 3.92. The number of carbonyl (C=O) groups is 2. The molecule has 0 unspecified atom stereocenters. The Morgan fingerprint density at radius 1 is 1.13 bits per heavy atom. The van der Waals surface area contributed by atoms with Crippen molar-refractivity contribution in [3.8, 4) is 11.1 Å². The molecule has 0 radical (unpaired) electrons. The third kappa shape index (κ3) is 4.18. The molecule has 1 aliphatic heterocycles. The summed E-state index contributed by atoms with van der Waals surface area (Å²) < 4.78 is 10.9. The van der Waals surface area contributed by atoms with Gasteiger partial charge in [-0.2, -0.15) is 0 Å². The van der Waals surface area contributed by atoms with E-state index in [1.807, 2.05) is 43.3 Å². The highest BCUT2D eigenvalue weighted by Gasteiger charge is 2.24. The van der Waals surface area contributed by atoms with Crippen LogP contribution >= 0.6 is 0 Å². The van der Waals surface area contributed by atoms with Crippen molar-refractivity contribution in [3.63, 3.8) is 0 Å². The molecule has 3 aromatic rings. The molecule has 1 saturated heterocycles. The van der Waals surface area contributed by atoms with Gasteiger partial charge < -0.3 is 19.5 Å². The minimum absolute atomic E-state index is 0.0339. The molecule has 0 spiro atoms. The number of carbonyl (C=O) groups excluding carboxylic acids is 2. The second-order valence-electron chi connectivity index (χ2n) is 8.29. The summed E-state index contributed by atoms with van der Waals surface area (Å²) in [6.45, 7) is 4.40. The number of ether oxygens (including phenoxy) is 1. The van der Waals surface area contributed by atoms with Gasteiger partial charge in [0.2, 0.25) is 5.91 Å². The monoisotopic (exact) mass is 419 g/mol. The fourth-order valence-corrected chi connectivity index (χ4v) is 3.92. The smallest absolute Gasteiger partial charge is 0.251 e. The Labute approximate surface area is 180 Å². The third-order valence-corrected chi connectivity index (χ3v) is 5.95. The van der Waals surface area contributed by atoms with Crippen molar-refractivity contribution >= 4 is 22.8 Å². The van der Waals surface area contributed by atoms with E-state index in [0.29, 0.717) is 49.2 Å². The van der Waals surface area contributed by atoms with Gasteiger partial charge in [-0.3, -0.25) is 9.59 Å². The Morgan fingerprint density at radius 3 is 2.71 bits per heavy atom. The second-order valence-corrected chi connectivity index (χ2v) is 8.29. The Morgan fingerprint density at radius 2 is 1.94 bits per heavy atom. The van der Waals surface area contributed by atoms with Crippen molar-refractivity contribution in [2.75, 3.05) is 26.3 Å². The van der Waals surface area contributed by atoms with Crippen LogP contribution in [0.15, 0.2) is 40.9 Å². The lowest BCUT2D eigenvalue weighted by Crippen LogP contribution is -2.41. The van der Waals surface area contributed by atoms with Crippen molar-refractivity contribution < 1.29 is 18.8 Å². The van der Waals surface area contributed by atoms with Crippen LogP contribution in [0.1, 0.15) is 34.5 Å². The molecule has 160 valence electrons. The van der Waals surface area contributed by atoms with Crippen LogP contribution in [0.25, 0.3) is 22.1 Å². The summed E-state index contributed by atoms with van der Waals surface area (Å²) in [5.41, 5.74) is 4.94. The van der Waals surface area contributed by atoms with Crippen molar-refractivity contribution in [3.05, 3.63) is 53.2 Å². The van der Waals surface area contributed by atoms with Crippen LogP contribution in [-0.4, -0.2) is 54.2 Å². The van der Waals surface area contributed by atoms with Crippen molar-refractivity contribution in [2.45, 2.75) is 32.2 Å². The maximum absolute atomic E-state index is 12.6. The molecule has 1 saturated carbocycles. The lowest BCUT2D eigenvalue weighted by molar-refractivity contribution is -0.134. The average molecular weight is 419 g/mol. The first-order valence-electron chi connectivity index (χ1n) is 10.7. The van der Waals surface area contributed by atoms with Crippen LogP contribution in [0, 0.1) is 6.92 Å². The first kappa shape index (κ1) is 19.8. The fraction of sp³-hybridized carbons (Fsp3) is 0.375. The lowest BCUT2D eigenvalue weighted by Gasteiger charge is -2.26. The van der Waals surface area contributed by atoms with Gasteiger partial charge in [-0.25, -0.2) is 0 Å². The number of rotatable bonds is 5. The van der Waals surface area contributed by atoms with Gasteiger partial charge in [0, 0.05) is 30.1 Å². The van der Waals surface area contributed by atoms with Gasteiger partial charge in [0.15, 0.2) is 5.58 Å². The van der Waals surface area contributed by atoms with E-state index in [4.69, 9.17) is 9.26 Å². The van der Waals surface area contributed by atoms with Gasteiger partial charge >= 0.3 is 0 Å². The standard InChI is InChI=1S/C24H25N3O4/c1-15-2-3-17(24(29)25-18-5-6-18)12-20(15)16-4-7-19-21(26-31-22(19)13-16)14-23(28)27-8-10-30-11-9-27/h2-4,7,12-13,18H,5-6,8-11,14H2,1H3,(H,25,29). The molecule has 1 aliphatic carbocycles. The number of aromatic nitrogens is 1. The Hall–Kier alpha value is -3.19. The molecule has 0 atom stereocenters. The molecule has 7 heteroatoms. The van der Waals surface area contributed by atoms with Gasteiger partial charge in [0.05, 0.1) is 19.6 Å². The summed E-state index contributed by atoms with van der Waals surface area (Å²) in [4.78, 5) is 26.8. The topological polar surface area (TPSA) is 84.7 Å². The first-order chi connectivity index (χ1) is 15.1. The summed E-state index contributed by atoms with van der Waals surface area (Å²) in [6, 6.07) is 11.9. The summed E-state index contributed by atoms with van der Waals surface area (Å²) in [7, 11) is 0. The molecule has 2 amide bonds. The number of hydrogen-bond acceptors (Lipinski definition) is 5. The molecular weight excluding hydrogens is 394 g/mol. The molecule has 5 rings (SSSR count). The van der Waals surface area contributed by atoms with E-state index in [-0.39, 0.29) is 18.2 Å². The van der Waals surface area contributed by atoms with Gasteiger partial charge in [0.25, 0.3) is 5.91 Å². The molecule has 0 bridgehead atoms. The van der Waals surface area contributed by atoms with E-state index >= 15 is 0 Å². The quantitative estimate of drug-likeness (QED) is 0.687. The van der Waals surface area contributed by atoms with Crippen molar-refractivity contribution in [1.29, 1.82) is 0 Å². The number of fused-ring (bicyclic) bond motifs is 1. The Bertz CT molecular complexity index is 1140. The highest BCUT2D eigenvalue weighted by Crippen LogP contribution is 2.30. The number of morpholine rings is 1. The zero-order valence-corrected chi connectivity index (χ0v) is 17.5. The molecule has 1 aromatic heterocycles. The van der Waals surface area contributed by atoms with Crippen LogP contribution in [0.5, 0.6) is 0 Å². The number of amides is 2. The van der Waals surface area contributed by atoms with E-state index in [2.05, 4.69) is 10.5 Å². The van der Waals surface area contributed by atoms with Gasteiger partial charge in [-0.15, -0.1) is 0 Å². The van der Waals surface area contributed by atoms with Crippen LogP contribution in [0.2, 0.25) is 0 Å². The van der Waals surface area contributed by atoms with E-state index in [9.17, 15) is 9.59 Å². The molecule has 31 heavy (non-hydrogen) atoms. The predicted octanol–water partition coefficient (Wildman–Crippen LogP) is 3.10. The predicted molar refractivity (Wildman–Crippen MR) is 116 cm³/mol. The second kappa shape index (κ2) is 8.15. The molecule has 2 fully saturated rings. The van der Waals surface area contributed by atoms with Gasteiger partial charge in [-0.05, 0) is 60.7 Å². The first-order valence-corrected chi connectivity index (χ1v) is 10.7. The summed E-state index contributed by atoms with van der Waals surface area (Å²) in [5, 5.41) is 8.03.